The van der Waals surface area contributed by atoms with Gasteiger partial charge < -0.3 is 0 Å². The second kappa shape index (κ2) is 3.35. The zero-order valence-corrected chi connectivity index (χ0v) is 8.83. The average Bonchev–Trinajstić information content (AvgIpc) is 1.82. The van der Waals surface area contributed by atoms with E-state index in [0.717, 1.165) is 6.67 Å². The van der Waals surface area contributed by atoms with Gasteiger partial charge in [0, 0.05) is 17.7 Å². The average molecular weight is 170 g/mol. The summed E-state index contributed by atoms with van der Waals surface area (Å²) in [6.07, 6.45) is 3.86. The summed E-state index contributed by atoms with van der Waals surface area (Å²) in [4.78, 5) is 0. The van der Waals surface area contributed by atoms with Gasteiger partial charge in [0.15, 0.2) is 0 Å². The molecule has 1 aliphatic rings. The SMILES string of the molecule is CC1(C)CCCC(C)(C)NCN1. The van der Waals surface area contributed by atoms with E-state index >= 15 is 0 Å². The third-order valence-corrected chi connectivity index (χ3v) is 2.74. The van der Waals surface area contributed by atoms with Gasteiger partial charge in [0.2, 0.25) is 0 Å². The van der Waals surface area contributed by atoms with E-state index in [1.165, 1.54) is 19.3 Å². The first-order valence-corrected chi connectivity index (χ1v) is 4.91. The molecule has 0 bridgehead atoms. The van der Waals surface area contributed by atoms with Crippen LogP contribution in [-0.2, 0) is 0 Å². The molecule has 2 N–H and O–H groups in total. The second-order valence-corrected chi connectivity index (χ2v) is 5.15. The maximum atomic E-state index is 3.51. The molecular weight excluding hydrogens is 148 g/mol. The molecule has 1 saturated heterocycles. The zero-order valence-electron chi connectivity index (χ0n) is 8.83. The Morgan fingerprint density at radius 1 is 0.833 bits per heavy atom. The van der Waals surface area contributed by atoms with Crippen molar-refractivity contribution in [1.82, 2.24) is 10.6 Å². The van der Waals surface area contributed by atoms with Crippen LogP contribution in [0.2, 0.25) is 0 Å². The van der Waals surface area contributed by atoms with Crippen molar-refractivity contribution in [2.45, 2.75) is 58.0 Å². The molecule has 12 heavy (non-hydrogen) atoms. The van der Waals surface area contributed by atoms with Crippen LogP contribution in [0.4, 0.5) is 0 Å². The minimum Gasteiger partial charge on any atom is -0.299 e. The van der Waals surface area contributed by atoms with Crippen molar-refractivity contribution in [2.24, 2.45) is 0 Å². The van der Waals surface area contributed by atoms with Crippen LogP contribution in [0.1, 0.15) is 47.0 Å². The van der Waals surface area contributed by atoms with Crippen LogP contribution in [0, 0.1) is 0 Å². The van der Waals surface area contributed by atoms with E-state index in [4.69, 9.17) is 0 Å². The van der Waals surface area contributed by atoms with Gasteiger partial charge in [-0.25, -0.2) is 0 Å². The molecule has 2 nitrogen and oxygen atoms in total. The molecule has 0 aromatic heterocycles. The fourth-order valence-corrected chi connectivity index (χ4v) is 1.67. The predicted molar refractivity (Wildman–Crippen MR) is 53.1 cm³/mol. The van der Waals surface area contributed by atoms with Gasteiger partial charge in [0.05, 0.1) is 0 Å². The van der Waals surface area contributed by atoms with Crippen molar-refractivity contribution in [1.29, 1.82) is 0 Å². The zero-order chi connectivity index (χ0) is 9.24. The van der Waals surface area contributed by atoms with Gasteiger partial charge in [-0.15, -0.1) is 0 Å². The van der Waals surface area contributed by atoms with Gasteiger partial charge in [-0.3, -0.25) is 10.6 Å². The molecule has 72 valence electrons. The van der Waals surface area contributed by atoms with Crippen molar-refractivity contribution >= 4 is 0 Å². The molecule has 0 aromatic rings. The summed E-state index contributed by atoms with van der Waals surface area (Å²) < 4.78 is 0. The maximum Gasteiger partial charge on any atom is 0.0462 e. The van der Waals surface area contributed by atoms with E-state index in [9.17, 15) is 0 Å². The Morgan fingerprint density at radius 2 is 1.25 bits per heavy atom. The van der Waals surface area contributed by atoms with E-state index in [0.29, 0.717) is 11.1 Å². The Kier molecular flexibility index (Phi) is 2.79. The molecule has 1 heterocycles. The lowest BCUT2D eigenvalue weighted by Crippen LogP contribution is -2.52. The van der Waals surface area contributed by atoms with Gasteiger partial charge in [0.1, 0.15) is 0 Å². The molecular formula is C10H22N2. The second-order valence-electron chi connectivity index (χ2n) is 5.15. The molecule has 0 unspecified atom stereocenters. The Hall–Kier alpha value is -0.0800. The maximum absolute atomic E-state index is 3.51. The van der Waals surface area contributed by atoms with Gasteiger partial charge in [-0.05, 0) is 47.0 Å². The lowest BCUT2D eigenvalue weighted by atomic mass is 9.90. The van der Waals surface area contributed by atoms with Crippen molar-refractivity contribution in [3.05, 3.63) is 0 Å². The Bertz CT molecular complexity index is 120. The fourth-order valence-electron chi connectivity index (χ4n) is 1.67. The molecule has 0 radical (unpaired) electrons. The Morgan fingerprint density at radius 3 is 1.67 bits per heavy atom. The van der Waals surface area contributed by atoms with E-state index < -0.39 is 0 Å². The molecule has 1 aliphatic heterocycles. The largest absolute Gasteiger partial charge is 0.299 e. The number of nitrogens with one attached hydrogen (secondary N) is 2. The lowest BCUT2D eigenvalue weighted by molar-refractivity contribution is 0.243. The van der Waals surface area contributed by atoms with E-state index in [1.807, 2.05) is 0 Å². The molecule has 1 fully saturated rings. The van der Waals surface area contributed by atoms with E-state index in [1.54, 1.807) is 0 Å². The first-order valence-electron chi connectivity index (χ1n) is 4.91. The molecule has 0 spiro atoms. The standard InChI is InChI=1S/C10H22N2/c1-9(2)6-5-7-10(3,4)12-8-11-9/h11-12H,5-8H2,1-4H3. The summed E-state index contributed by atoms with van der Waals surface area (Å²) in [7, 11) is 0. The van der Waals surface area contributed by atoms with Gasteiger partial charge in [0.25, 0.3) is 0 Å². The van der Waals surface area contributed by atoms with Gasteiger partial charge in [-0.2, -0.15) is 0 Å². The van der Waals surface area contributed by atoms with Crippen molar-refractivity contribution < 1.29 is 0 Å². The highest BCUT2D eigenvalue weighted by Crippen LogP contribution is 2.20. The van der Waals surface area contributed by atoms with Crippen LogP contribution in [0.5, 0.6) is 0 Å². The molecule has 0 saturated carbocycles. The molecule has 0 aromatic carbocycles. The number of hydrogen-bond acceptors (Lipinski definition) is 2. The molecule has 2 heteroatoms. The van der Waals surface area contributed by atoms with Crippen molar-refractivity contribution in [3.63, 3.8) is 0 Å². The highest BCUT2D eigenvalue weighted by Gasteiger charge is 2.24. The van der Waals surface area contributed by atoms with Crippen molar-refractivity contribution in [3.8, 4) is 0 Å². The monoisotopic (exact) mass is 170 g/mol. The summed E-state index contributed by atoms with van der Waals surface area (Å²) in [5, 5.41) is 7.01. The predicted octanol–water partition coefficient (Wildman–Crippen LogP) is 1.86. The first-order chi connectivity index (χ1) is 5.41. The minimum absolute atomic E-state index is 0.309. The molecule has 0 aliphatic carbocycles. The fraction of sp³-hybridized carbons (Fsp3) is 1.00. The smallest absolute Gasteiger partial charge is 0.0462 e. The third-order valence-electron chi connectivity index (χ3n) is 2.74. The lowest BCUT2D eigenvalue weighted by Gasteiger charge is -2.35. The Balaban J connectivity index is 2.45. The topological polar surface area (TPSA) is 24.1 Å². The Labute approximate surface area is 76.1 Å². The highest BCUT2D eigenvalue weighted by molar-refractivity contribution is 4.85. The van der Waals surface area contributed by atoms with E-state index in [2.05, 4.69) is 38.3 Å². The quantitative estimate of drug-likeness (QED) is 0.580. The van der Waals surface area contributed by atoms with Gasteiger partial charge >= 0.3 is 0 Å². The third kappa shape index (κ3) is 3.11. The van der Waals surface area contributed by atoms with Crippen LogP contribution in [0.25, 0.3) is 0 Å². The summed E-state index contributed by atoms with van der Waals surface area (Å²) in [6.45, 7) is 10.0. The normalized spacial score (nSPS) is 29.0. The van der Waals surface area contributed by atoms with Crippen LogP contribution >= 0.6 is 0 Å². The first kappa shape index (κ1) is 10.0. The number of rotatable bonds is 0. The van der Waals surface area contributed by atoms with Crippen LogP contribution < -0.4 is 10.6 Å². The van der Waals surface area contributed by atoms with Gasteiger partial charge in [-0.1, -0.05) is 0 Å². The summed E-state index contributed by atoms with van der Waals surface area (Å²) in [5.41, 5.74) is 0.618. The van der Waals surface area contributed by atoms with Crippen molar-refractivity contribution in [2.75, 3.05) is 6.67 Å². The molecule has 1 rings (SSSR count). The van der Waals surface area contributed by atoms with Crippen LogP contribution in [0.3, 0.4) is 0 Å². The summed E-state index contributed by atoms with van der Waals surface area (Å²) in [5.74, 6) is 0. The highest BCUT2D eigenvalue weighted by atomic mass is 15.1. The summed E-state index contributed by atoms with van der Waals surface area (Å²) in [6, 6.07) is 0. The number of hydrogen-bond donors (Lipinski definition) is 2. The minimum atomic E-state index is 0.309. The van der Waals surface area contributed by atoms with Crippen LogP contribution in [-0.4, -0.2) is 17.7 Å². The molecule has 0 atom stereocenters. The summed E-state index contributed by atoms with van der Waals surface area (Å²) >= 11 is 0. The van der Waals surface area contributed by atoms with E-state index in [-0.39, 0.29) is 0 Å². The molecule has 0 amide bonds. The van der Waals surface area contributed by atoms with Crippen LogP contribution in [0.15, 0.2) is 0 Å².